The molecule has 3 heterocycles. The molecular formula is C15H15ClN6. The molecule has 0 atom stereocenters. The fraction of sp³-hybridized carbons (Fsp3) is 0.267. The van der Waals surface area contributed by atoms with Crippen LogP contribution in [0.1, 0.15) is 0 Å². The maximum atomic E-state index is 5.94. The molecule has 1 aromatic carbocycles. The van der Waals surface area contributed by atoms with Gasteiger partial charge in [0.1, 0.15) is 12.1 Å². The zero-order chi connectivity index (χ0) is 14.9. The lowest BCUT2D eigenvalue weighted by Crippen LogP contribution is -2.46. The molecule has 2 aromatic heterocycles. The lowest BCUT2D eigenvalue weighted by atomic mass is 10.2. The van der Waals surface area contributed by atoms with Crippen LogP contribution in [0.25, 0.3) is 5.65 Å². The lowest BCUT2D eigenvalue weighted by Gasteiger charge is -2.36. The molecule has 22 heavy (non-hydrogen) atoms. The molecule has 0 N–H and O–H groups in total. The predicted molar refractivity (Wildman–Crippen MR) is 86.7 cm³/mol. The maximum Gasteiger partial charge on any atom is 0.177 e. The van der Waals surface area contributed by atoms with E-state index in [-0.39, 0.29) is 0 Å². The van der Waals surface area contributed by atoms with E-state index in [0.717, 1.165) is 42.7 Å². The van der Waals surface area contributed by atoms with E-state index in [1.807, 2.05) is 24.3 Å². The van der Waals surface area contributed by atoms with Gasteiger partial charge < -0.3 is 9.80 Å². The second kappa shape index (κ2) is 5.46. The third-order valence-electron chi connectivity index (χ3n) is 3.94. The normalized spacial score (nSPS) is 15.5. The van der Waals surface area contributed by atoms with Crippen molar-refractivity contribution in [2.45, 2.75) is 0 Å². The van der Waals surface area contributed by atoms with Crippen LogP contribution in [0.15, 0.2) is 42.7 Å². The second-order valence-corrected chi connectivity index (χ2v) is 5.71. The van der Waals surface area contributed by atoms with Gasteiger partial charge in [-0.3, -0.25) is 0 Å². The second-order valence-electron chi connectivity index (χ2n) is 5.28. The summed E-state index contributed by atoms with van der Waals surface area (Å²) in [5.74, 6) is 0.961. The number of fused-ring (bicyclic) bond motifs is 1. The average Bonchev–Trinajstić information content (AvgIpc) is 3.03. The summed E-state index contributed by atoms with van der Waals surface area (Å²) < 4.78 is 1.71. The smallest absolute Gasteiger partial charge is 0.177 e. The lowest BCUT2D eigenvalue weighted by molar-refractivity contribution is 0.641. The topological polar surface area (TPSA) is 49.6 Å². The molecule has 7 heteroatoms. The first kappa shape index (κ1) is 13.3. The Morgan fingerprint density at radius 1 is 0.864 bits per heavy atom. The summed E-state index contributed by atoms with van der Waals surface area (Å²) in [6.07, 6.45) is 1.63. The zero-order valence-corrected chi connectivity index (χ0v) is 12.7. The average molecular weight is 315 g/mol. The van der Waals surface area contributed by atoms with Gasteiger partial charge in [0.2, 0.25) is 0 Å². The molecule has 0 spiro atoms. The van der Waals surface area contributed by atoms with Crippen LogP contribution in [0.4, 0.5) is 11.5 Å². The first-order valence-corrected chi connectivity index (χ1v) is 7.60. The molecule has 6 nitrogen and oxygen atoms in total. The highest BCUT2D eigenvalue weighted by molar-refractivity contribution is 6.30. The Bertz CT molecular complexity index is 776. The first-order valence-electron chi connectivity index (χ1n) is 7.22. The summed E-state index contributed by atoms with van der Waals surface area (Å²) in [6.45, 7) is 3.79. The Balaban J connectivity index is 1.47. The van der Waals surface area contributed by atoms with Crippen LogP contribution in [-0.2, 0) is 0 Å². The standard InChI is InChI=1S/C15H15ClN6/c16-12-1-3-13(4-2-12)20-7-9-21(10-8-20)15-6-5-14-18-17-11-22(14)19-15/h1-6,11H,7-10H2. The van der Waals surface area contributed by atoms with Crippen LogP contribution in [0.5, 0.6) is 0 Å². The van der Waals surface area contributed by atoms with Gasteiger partial charge in [-0.2, -0.15) is 4.52 Å². The van der Waals surface area contributed by atoms with E-state index in [0.29, 0.717) is 0 Å². The predicted octanol–water partition coefficient (Wildman–Crippen LogP) is 2.10. The third kappa shape index (κ3) is 2.46. The van der Waals surface area contributed by atoms with Crippen molar-refractivity contribution in [2.24, 2.45) is 0 Å². The summed E-state index contributed by atoms with van der Waals surface area (Å²) >= 11 is 5.94. The van der Waals surface area contributed by atoms with E-state index in [9.17, 15) is 0 Å². The molecule has 112 valence electrons. The summed E-state index contributed by atoms with van der Waals surface area (Å²) in [6, 6.07) is 12.0. The van der Waals surface area contributed by atoms with Crippen molar-refractivity contribution in [3.05, 3.63) is 47.7 Å². The molecule has 0 saturated carbocycles. The van der Waals surface area contributed by atoms with Crippen LogP contribution in [0.2, 0.25) is 5.02 Å². The van der Waals surface area contributed by atoms with E-state index in [1.54, 1.807) is 10.8 Å². The molecule has 0 radical (unpaired) electrons. The third-order valence-corrected chi connectivity index (χ3v) is 4.20. The quantitative estimate of drug-likeness (QED) is 0.725. The van der Waals surface area contributed by atoms with Crippen LogP contribution in [0, 0.1) is 0 Å². The number of aromatic nitrogens is 4. The molecular weight excluding hydrogens is 300 g/mol. The summed E-state index contributed by atoms with van der Waals surface area (Å²) in [7, 11) is 0. The van der Waals surface area contributed by atoms with Crippen molar-refractivity contribution in [1.82, 2.24) is 19.8 Å². The fourth-order valence-electron chi connectivity index (χ4n) is 2.73. The number of anilines is 2. The van der Waals surface area contributed by atoms with Crippen molar-refractivity contribution < 1.29 is 0 Å². The summed E-state index contributed by atoms with van der Waals surface area (Å²) in [5, 5.41) is 13.2. The van der Waals surface area contributed by atoms with Crippen molar-refractivity contribution in [3.8, 4) is 0 Å². The van der Waals surface area contributed by atoms with Gasteiger partial charge in [0.25, 0.3) is 0 Å². The van der Waals surface area contributed by atoms with Crippen molar-refractivity contribution in [3.63, 3.8) is 0 Å². The Morgan fingerprint density at radius 3 is 2.36 bits per heavy atom. The molecule has 0 amide bonds. The number of benzene rings is 1. The SMILES string of the molecule is Clc1ccc(N2CCN(c3ccc4nncn4n3)CC2)cc1. The van der Waals surface area contributed by atoms with Gasteiger partial charge in [0, 0.05) is 36.9 Å². The number of nitrogens with zero attached hydrogens (tertiary/aromatic N) is 6. The molecule has 0 unspecified atom stereocenters. The van der Waals surface area contributed by atoms with Crippen LogP contribution >= 0.6 is 11.6 Å². The van der Waals surface area contributed by atoms with Gasteiger partial charge in [0.15, 0.2) is 5.65 Å². The molecule has 0 bridgehead atoms. The summed E-state index contributed by atoms with van der Waals surface area (Å²) in [5.41, 5.74) is 1.98. The van der Waals surface area contributed by atoms with E-state index in [2.05, 4.69) is 37.2 Å². The zero-order valence-electron chi connectivity index (χ0n) is 11.9. The number of hydrogen-bond donors (Lipinski definition) is 0. The van der Waals surface area contributed by atoms with Gasteiger partial charge in [-0.25, -0.2) is 0 Å². The highest BCUT2D eigenvalue weighted by Crippen LogP contribution is 2.21. The van der Waals surface area contributed by atoms with E-state index in [1.165, 1.54) is 5.69 Å². The van der Waals surface area contributed by atoms with E-state index in [4.69, 9.17) is 11.6 Å². The molecule has 4 rings (SSSR count). The van der Waals surface area contributed by atoms with Gasteiger partial charge in [-0.1, -0.05) is 11.6 Å². The van der Waals surface area contributed by atoms with Crippen molar-refractivity contribution >= 4 is 28.8 Å². The minimum Gasteiger partial charge on any atom is -0.368 e. The number of rotatable bonds is 2. The van der Waals surface area contributed by atoms with Crippen LogP contribution in [-0.4, -0.2) is 46.0 Å². The number of piperazine rings is 1. The molecule has 1 aliphatic rings. The van der Waals surface area contributed by atoms with Gasteiger partial charge in [-0.05, 0) is 36.4 Å². The first-order chi connectivity index (χ1) is 10.8. The highest BCUT2D eigenvalue weighted by atomic mass is 35.5. The molecule has 1 aliphatic heterocycles. The van der Waals surface area contributed by atoms with Crippen molar-refractivity contribution in [2.75, 3.05) is 36.0 Å². The minimum absolute atomic E-state index is 0.767. The van der Waals surface area contributed by atoms with Crippen LogP contribution in [0.3, 0.4) is 0 Å². The Hall–Kier alpha value is -2.34. The monoisotopic (exact) mass is 314 g/mol. The molecule has 0 aliphatic carbocycles. The van der Waals surface area contributed by atoms with Crippen LogP contribution < -0.4 is 9.80 Å². The number of hydrogen-bond acceptors (Lipinski definition) is 5. The van der Waals surface area contributed by atoms with E-state index >= 15 is 0 Å². The Labute approximate surface area is 132 Å². The molecule has 3 aromatic rings. The molecule has 1 fully saturated rings. The molecule has 1 saturated heterocycles. The Kier molecular flexibility index (Phi) is 3.31. The van der Waals surface area contributed by atoms with Gasteiger partial charge in [0.05, 0.1) is 0 Å². The fourth-order valence-corrected chi connectivity index (χ4v) is 2.86. The summed E-state index contributed by atoms with van der Waals surface area (Å²) in [4.78, 5) is 4.65. The maximum absolute atomic E-state index is 5.94. The number of halogens is 1. The highest BCUT2D eigenvalue weighted by Gasteiger charge is 2.18. The van der Waals surface area contributed by atoms with Crippen molar-refractivity contribution in [1.29, 1.82) is 0 Å². The largest absolute Gasteiger partial charge is 0.368 e. The minimum atomic E-state index is 0.767. The Morgan fingerprint density at radius 2 is 1.59 bits per heavy atom. The van der Waals surface area contributed by atoms with E-state index < -0.39 is 0 Å². The van der Waals surface area contributed by atoms with Gasteiger partial charge in [-0.15, -0.1) is 15.3 Å². The van der Waals surface area contributed by atoms with Gasteiger partial charge >= 0.3 is 0 Å².